The van der Waals surface area contributed by atoms with E-state index >= 15 is 0 Å². The van der Waals surface area contributed by atoms with Crippen LogP contribution in [0.5, 0.6) is 0 Å². The molecule has 0 saturated carbocycles. The van der Waals surface area contributed by atoms with Gasteiger partial charge in [-0.1, -0.05) is 200 Å². The minimum absolute atomic E-state index is 1.18. The van der Waals surface area contributed by atoms with Gasteiger partial charge in [-0.05, 0) is 106 Å². The van der Waals surface area contributed by atoms with Crippen molar-refractivity contribution in [1.82, 2.24) is 0 Å². The monoisotopic (exact) mass is 658 g/mol. The molecule has 0 aromatic heterocycles. The van der Waals surface area contributed by atoms with Crippen LogP contribution >= 0.6 is 0 Å². The molecule has 0 radical (unpaired) electrons. The molecule has 9 aromatic carbocycles. The van der Waals surface area contributed by atoms with Gasteiger partial charge in [0.2, 0.25) is 0 Å². The van der Waals surface area contributed by atoms with Crippen molar-refractivity contribution in [1.29, 1.82) is 0 Å². The van der Waals surface area contributed by atoms with Gasteiger partial charge in [0.15, 0.2) is 0 Å². The van der Waals surface area contributed by atoms with Gasteiger partial charge in [-0.15, -0.1) is 0 Å². The highest BCUT2D eigenvalue weighted by molar-refractivity contribution is 6.28. The van der Waals surface area contributed by atoms with Crippen molar-refractivity contribution in [2.24, 2.45) is 0 Å². The van der Waals surface area contributed by atoms with Gasteiger partial charge in [0.05, 0.1) is 0 Å². The zero-order valence-corrected chi connectivity index (χ0v) is 28.6. The zero-order chi connectivity index (χ0) is 34.4. The average molecular weight is 659 g/mol. The van der Waals surface area contributed by atoms with Crippen LogP contribution in [0, 0.1) is 0 Å². The molecular weight excluding hydrogens is 625 g/mol. The average Bonchev–Trinajstić information content (AvgIpc) is 3.55. The van der Waals surface area contributed by atoms with Gasteiger partial charge in [-0.3, -0.25) is 0 Å². The highest BCUT2D eigenvalue weighted by Crippen LogP contribution is 2.58. The summed E-state index contributed by atoms with van der Waals surface area (Å²) in [4.78, 5) is 0. The molecule has 0 aliphatic heterocycles. The van der Waals surface area contributed by atoms with Crippen molar-refractivity contribution in [2.45, 2.75) is 0 Å². The molecule has 0 amide bonds. The van der Waals surface area contributed by atoms with Gasteiger partial charge in [-0.25, -0.2) is 0 Å². The van der Waals surface area contributed by atoms with Crippen LogP contribution in [0.15, 0.2) is 200 Å². The Labute approximate surface area is 304 Å². The van der Waals surface area contributed by atoms with Crippen molar-refractivity contribution >= 4 is 33.2 Å². The summed E-state index contributed by atoms with van der Waals surface area (Å²) in [5.74, 6) is 0. The van der Waals surface area contributed by atoms with Crippen LogP contribution in [0.1, 0.15) is 16.7 Å². The lowest BCUT2D eigenvalue weighted by Gasteiger charge is -2.20. The maximum Gasteiger partial charge on any atom is -0.000741 e. The van der Waals surface area contributed by atoms with Crippen LogP contribution in [0.3, 0.4) is 0 Å². The molecule has 9 aromatic rings. The van der Waals surface area contributed by atoms with E-state index in [9.17, 15) is 0 Å². The smallest absolute Gasteiger partial charge is 0.000741 e. The van der Waals surface area contributed by atoms with Crippen molar-refractivity contribution < 1.29 is 0 Å². The molecular formula is C52H34. The first-order chi connectivity index (χ1) is 25.8. The summed E-state index contributed by atoms with van der Waals surface area (Å²) in [6.07, 6.45) is 2.31. The zero-order valence-electron chi connectivity index (χ0n) is 28.6. The minimum atomic E-state index is 1.18. The summed E-state index contributed by atoms with van der Waals surface area (Å²) in [6.45, 7) is 0. The molecule has 0 spiro atoms. The van der Waals surface area contributed by atoms with Crippen molar-refractivity contribution in [2.75, 3.05) is 0 Å². The summed E-state index contributed by atoms with van der Waals surface area (Å²) in [6, 6.07) is 72.9. The Balaban J connectivity index is 1.17. The van der Waals surface area contributed by atoms with Gasteiger partial charge >= 0.3 is 0 Å². The first-order valence-electron chi connectivity index (χ1n) is 18.0. The highest BCUT2D eigenvalue weighted by Gasteiger charge is 2.31. The lowest BCUT2D eigenvalue weighted by molar-refractivity contribution is 1.55. The Morgan fingerprint density at radius 3 is 1.27 bits per heavy atom. The predicted molar refractivity (Wildman–Crippen MR) is 222 cm³/mol. The normalized spacial score (nSPS) is 11.5. The van der Waals surface area contributed by atoms with E-state index in [0.717, 1.165) is 0 Å². The van der Waals surface area contributed by atoms with E-state index in [1.807, 2.05) is 0 Å². The molecule has 0 bridgehead atoms. The number of hydrogen-bond donors (Lipinski definition) is 0. The Bertz CT molecular complexity index is 2640. The Morgan fingerprint density at radius 2 is 0.731 bits per heavy atom. The standard InChI is InChI=1S/C52H34/c1-5-16-36(17-6-1)47(37-18-7-2-8-19-37)34-35-28-30-38(31-29-35)41-32-33-46-50-42(41)26-15-27-45(50)51-48(39-20-9-3-10-21-39)43-24-13-14-25-44(43)49(52(46)51)40-22-11-4-12-23-40/h1-34H. The van der Waals surface area contributed by atoms with E-state index in [0.29, 0.717) is 0 Å². The second-order valence-corrected chi connectivity index (χ2v) is 13.6. The lowest BCUT2D eigenvalue weighted by Crippen LogP contribution is -1.93. The summed E-state index contributed by atoms with van der Waals surface area (Å²) in [5.41, 5.74) is 17.7. The van der Waals surface area contributed by atoms with E-state index in [4.69, 9.17) is 0 Å². The van der Waals surface area contributed by atoms with Crippen LogP contribution < -0.4 is 0 Å². The third-order valence-corrected chi connectivity index (χ3v) is 10.6. The van der Waals surface area contributed by atoms with E-state index in [2.05, 4.69) is 206 Å². The van der Waals surface area contributed by atoms with Crippen LogP contribution in [0.4, 0.5) is 0 Å². The molecule has 0 unspecified atom stereocenters. The quantitative estimate of drug-likeness (QED) is 0.156. The summed E-state index contributed by atoms with van der Waals surface area (Å²) >= 11 is 0. The predicted octanol–water partition coefficient (Wildman–Crippen LogP) is 14.2. The molecule has 1 aliphatic carbocycles. The van der Waals surface area contributed by atoms with Crippen LogP contribution in [0.2, 0.25) is 0 Å². The van der Waals surface area contributed by atoms with Crippen LogP contribution in [-0.4, -0.2) is 0 Å². The molecule has 0 saturated heterocycles. The number of fused-ring (bicyclic) bond motifs is 4. The topological polar surface area (TPSA) is 0 Å². The lowest BCUT2D eigenvalue weighted by atomic mass is 9.82. The summed E-state index contributed by atoms with van der Waals surface area (Å²) < 4.78 is 0. The molecule has 0 fully saturated rings. The third-order valence-electron chi connectivity index (χ3n) is 10.6. The fourth-order valence-corrected chi connectivity index (χ4v) is 8.36. The number of hydrogen-bond acceptors (Lipinski definition) is 0. The number of rotatable bonds is 6. The van der Waals surface area contributed by atoms with Crippen molar-refractivity contribution in [3.05, 3.63) is 217 Å². The second-order valence-electron chi connectivity index (χ2n) is 13.6. The highest BCUT2D eigenvalue weighted by atomic mass is 14.3. The van der Waals surface area contributed by atoms with Gasteiger partial charge in [0.1, 0.15) is 0 Å². The van der Waals surface area contributed by atoms with Gasteiger partial charge in [0.25, 0.3) is 0 Å². The van der Waals surface area contributed by atoms with E-state index < -0.39 is 0 Å². The Hall–Kier alpha value is -6.76. The fraction of sp³-hybridized carbons (Fsp3) is 0. The third kappa shape index (κ3) is 4.92. The van der Waals surface area contributed by atoms with Gasteiger partial charge < -0.3 is 0 Å². The first-order valence-corrected chi connectivity index (χ1v) is 18.0. The maximum atomic E-state index is 2.37. The Morgan fingerprint density at radius 1 is 0.288 bits per heavy atom. The first kappa shape index (κ1) is 30.1. The summed E-state index contributed by atoms with van der Waals surface area (Å²) in [5, 5.41) is 5.18. The molecule has 0 heterocycles. The molecule has 242 valence electrons. The SMILES string of the molecule is C(=C(c1ccccc1)c1ccccc1)c1ccc(-c2ccc3c4c(cccc24)-c2c-3c(-c3ccccc3)c3ccccc3c2-c2ccccc2)cc1. The van der Waals surface area contributed by atoms with Crippen molar-refractivity contribution in [3.8, 4) is 55.6 Å². The maximum absolute atomic E-state index is 2.37. The van der Waals surface area contributed by atoms with Crippen LogP contribution in [0.25, 0.3) is 88.8 Å². The molecule has 0 N–H and O–H groups in total. The molecule has 0 nitrogen and oxygen atoms in total. The minimum Gasteiger partial charge on any atom is -0.0622 e. The largest absolute Gasteiger partial charge is 0.0622 e. The molecule has 0 atom stereocenters. The van der Waals surface area contributed by atoms with Gasteiger partial charge in [0, 0.05) is 0 Å². The van der Waals surface area contributed by atoms with E-state index in [1.165, 1.54) is 99.4 Å². The van der Waals surface area contributed by atoms with Crippen molar-refractivity contribution in [3.63, 3.8) is 0 Å². The summed E-state index contributed by atoms with van der Waals surface area (Å²) in [7, 11) is 0. The van der Waals surface area contributed by atoms with E-state index in [1.54, 1.807) is 0 Å². The van der Waals surface area contributed by atoms with Crippen LogP contribution in [-0.2, 0) is 0 Å². The Kier molecular flexibility index (Phi) is 7.25. The molecule has 0 heteroatoms. The van der Waals surface area contributed by atoms with Gasteiger partial charge in [-0.2, -0.15) is 0 Å². The second kappa shape index (κ2) is 12.5. The molecule has 52 heavy (non-hydrogen) atoms. The molecule has 1 aliphatic rings. The number of benzene rings is 9. The fourth-order valence-electron chi connectivity index (χ4n) is 8.36. The molecule has 10 rings (SSSR count). The van der Waals surface area contributed by atoms with E-state index in [-0.39, 0.29) is 0 Å².